The van der Waals surface area contributed by atoms with Gasteiger partial charge < -0.3 is 20.0 Å². The molecule has 0 radical (unpaired) electrons. The number of nitrogens with one attached hydrogen (secondary N) is 2. The van der Waals surface area contributed by atoms with Crippen LogP contribution in [-0.2, 0) is 13.0 Å². The van der Waals surface area contributed by atoms with Crippen molar-refractivity contribution in [2.75, 3.05) is 27.2 Å². The number of hydrogen-bond donors (Lipinski definition) is 2. The van der Waals surface area contributed by atoms with Gasteiger partial charge in [0.1, 0.15) is 12.3 Å². The average Bonchev–Trinajstić information content (AvgIpc) is 3.13. The molecule has 1 aromatic carbocycles. The van der Waals surface area contributed by atoms with E-state index in [2.05, 4.69) is 72.7 Å². The van der Waals surface area contributed by atoms with Crippen molar-refractivity contribution in [2.24, 2.45) is 4.99 Å². The number of nitrogens with zero attached hydrogens (tertiary/aromatic N) is 2. The quantitative estimate of drug-likeness (QED) is 0.350. The highest BCUT2D eigenvalue weighted by atomic mass is 127. The van der Waals surface area contributed by atoms with Crippen molar-refractivity contribution >= 4 is 29.9 Å². The van der Waals surface area contributed by atoms with Crippen LogP contribution in [0.4, 0.5) is 0 Å². The zero-order valence-electron chi connectivity index (χ0n) is 16.2. The zero-order valence-corrected chi connectivity index (χ0v) is 18.5. The van der Waals surface area contributed by atoms with Crippen molar-refractivity contribution in [3.63, 3.8) is 0 Å². The van der Waals surface area contributed by atoms with E-state index in [9.17, 15) is 0 Å². The van der Waals surface area contributed by atoms with E-state index >= 15 is 0 Å². The van der Waals surface area contributed by atoms with Crippen LogP contribution in [0.15, 0.2) is 52.1 Å². The summed E-state index contributed by atoms with van der Waals surface area (Å²) in [5.41, 5.74) is 2.67. The fourth-order valence-electron chi connectivity index (χ4n) is 2.67. The molecule has 0 bridgehead atoms. The third-order valence-electron chi connectivity index (χ3n) is 4.18. The Morgan fingerprint density at radius 3 is 2.38 bits per heavy atom. The summed E-state index contributed by atoms with van der Waals surface area (Å²) in [5.74, 6) is 1.66. The molecule has 0 aliphatic carbocycles. The molecule has 26 heavy (non-hydrogen) atoms. The van der Waals surface area contributed by atoms with Crippen LogP contribution >= 0.6 is 24.0 Å². The van der Waals surface area contributed by atoms with Crippen LogP contribution in [-0.4, -0.2) is 38.0 Å². The van der Waals surface area contributed by atoms with Gasteiger partial charge in [-0.25, -0.2) is 4.99 Å². The lowest BCUT2D eigenvalue weighted by Crippen LogP contribution is -2.41. The van der Waals surface area contributed by atoms with Gasteiger partial charge in [-0.15, -0.1) is 24.0 Å². The molecule has 1 unspecified atom stereocenters. The molecule has 2 aromatic rings. The fourth-order valence-corrected chi connectivity index (χ4v) is 2.67. The first-order chi connectivity index (χ1) is 12.1. The highest BCUT2D eigenvalue weighted by Gasteiger charge is 2.14. The average molecular weight is 470 g/mol. The Balaban J connectivity index is 0.00000338. The van der Waals surface area contributed by atoms with Gasteiger partial charge in [0, 0.05) is 13.1 Å². The lowest BCUT2D eigenvalue weighted by molar-refractivity contribution is 0.298. The van der Waals surface area contributed by atoms with Crippen molar-refractivity contribution in [3.8, 4) is 0 Å². The number of guanidine groups is 1. The minimum Gasteiger partial charge on any atom is -0.467 e. The minimum atomic E-state index is 0. The van der Waals surface area contributed by atoms with E-state index in [4.69, 9.17) is 4.42 Å². The second kappa shape index (κ2) is 12.0. The van der Waals surface area contributed by atoms with Gasteiger partial charge in [0.15, 0.2) is 5.96 Å². The third kappa shape index (κ3) is 6.99. The standard InChI is InChI=1S/C20H30N4O.HI/c1-5-16-9-11-17(12-10-16)19(24(3)4)15-23-20(21-6-2)22-14-18-8-7-13-25-18;/h7-13,19H,5-6,14-15H2,1-4H3,(H2,21,22,23);1H. The second-order valence-electron chi connectivity index (χ2n) is 6.23. The maximum atomic E-state index is 5.35. The Morgan fingerprint density at radius 2 is 1.85 bits per heavy atom. The molecule has 2 N–H and O–H groups in total. The maximum absolute atomic E-state index is 5.35. The second-order valence-corrected chi connectivity index (χ2v) is 6.23. The van der Waals surface area contributed by atoms with E-state index < -0.39 is 0 Å². The predicted molar refractivity (Wildman–Crippen MR) is 119 cm³/mol. The normalized spacial score (nSPS) is 12.6. The van der Waals surface area contributed by atoms with Gasteiger partial charge in [-0.2, -0.15) is 0 Å². The van der Waals surface area contributed by atoms with Crippen LogP contribution in [0.25, 0.3) is 0 Å². The first-order valence-electron chi connectivity index (χ1n) is 8.93. The molecule has 0 amide bonds. The summed E-state index contributed by atoms with van der Waals surface area (Å²) in [5, 5.41) is 6.73. The molecule has 2 rings (SSSR count). The largest absolute Gasteiger partial charge is 0.467 e. The summed E-state index contributed by atoms with van der Waals surface area (Å²) in [7, 11) is 4.21. The highest BCUT2D eigenvalue weighted by molar-refractivity contribution is 14.0. The molecule has 0 aliphatic rings. The lowest BCUT2D eigenvalue weighted by Gasteiger charge is -2.26. The Hall–Kier alpha value is -1.54. The number of benzene rings is 1. The lowest BCUT2D eigenvalue weighted by atomic mass is 10.0. The SMILES string of the molecule is CCNC(=NCc1ccco1)NCC(c1ccc(CC)cc1)N(C)C.I. The number of halogens is 1. The maximum Gasteiger partial charge on any atom is 0.191 e. The predicted octanol–water partition coefficient (Wildman–Crippen LogP) is 3.82. The summed E-state index contributed by atoms with van der Waals surface area (Å²) in [6, 6.07) is 13.0. The van der Waals surface area contributed by atoms with Crippen molar-refractivity contribution in [1.82, 2.24) is 15.5 Å². The van der Waals surface area contributed by atoms with Gasteiger partial charge in [-0.3, -0.25) is 0 Å². The number of aryl methyl sites for hydroxylation is 1. The minimum absolute atomic E-state index is 0. The zero-order chi connectivity index (χ0) is 18.1. The van der Waals surface area contributed by atoms with Crippen molar-refractivity contribution in [3.05, 3.63) is 59.5 Å². The number of hydrogen-bond acceptors (Lipinski definition) is 3. The number of likely N-dealkylation sites (N-methyl/N-ethyl adjacent to an activating group) is 1. The first kappa shape index (κ1) is 22.5. The van der Waals surface area contributed by atoms with Gasteiger partial charge in [-0.05, 0) is 50.7 Å². The van der Waals surface area contributed by atoms with Crippen LogP contribution in [0.3, 0.4) is 0 Å². The summed E-state index contributed by atoms with van der Waals surface area (Å²) in [6.07, 6.45) is 2.74. The summed E-state index contributed by atoms with van der Waals surface area (Å²) < 4.78 is 5.35. The summed E-state index contributed by atoms with van der Waals surface area (Å²) in [6.45, 7) is 6.37. The van der Waals surface area contributed by atoms with Gasteiger partial charge in [0.25, 0.3) is 0 Å². The molecular weight excluding hydrogens is 439 g/mol. The molecule has 0 saturated carbocycles. The van der Waals surface area contributed by atoms with Crippen LogP contribution in [0, 0.1) is 0 Å². The number of aliphatic imine (C=N–C) groups is 1. The third-order valence-corrected chi connectivity index (χ3v) is 4.18. The van der Waals surface area contributed by atoms with Crippen LogP contribution in [0.2, 0.25) is 0 Å². The molecule has 0 saturated heterocycles. The Labute approximate surface area is 174 Å². The van der Waals surface area contributed by atoms with Crippen LogP contribution < -0.4 is 10.6 Å². The van der Waals surface area contributed by atoms with E-state index in [1.807, 2.05) is 12.1 Å². The highest BCUT2D eigenvalue weighted by Crippen LogP contribution is 2.18. The molecule has 0 fully saturated rings. The first-order valence-corrected chi connectivity index (χ1v) is 8.93. The monoisotopic (exact) mass is 470 g/mol. The number of furan rings is 1. The van der Waals surface area contributed by atoms with Crippen molar-refractivity contribution in [2.45, 2.75) is 32.9 Å². The topological polar surface area (TPSA) is 52.8 Å². The van der Waals surface area contributed by atoms with Gasteiger partial charge in [0.2, 0.25) is 0 Å². The van der Waals surface area contributed by atoms with E-state index in [1.54, 1.807) is 6.26 Å². The fraction of sp³-hybridized carbons (Fsp3) is 0.450. The van der Waals surface area contributed by atoms with E-state index in [0.29, 0.717) is 6.54 Å². The van der Waals surface area contributed by atoms with E-state index in [1.165, 1.54) is 11.1 Å². The molecule has 144 valence electrons. The molecule has 0 spiro atoms. The molecule has 1 heterocycles. The molecule has 1 atom stereocenters. The Bertz CT molecular complexity index is 638. The smallest absolute Gasteiger partial charge is 0.191 e. The van der Waals surface area contributed by atoms with Crippen molar-refractivity contribution < 1.29 is 4.42 Å². The summed E-state index contributed by atoms with van der Waals surface area (Å²) >= 11 is 0. The Kier molecular flexibility index (Phi) is 10.3. The van der Waals surface area contributed by atoms with E-state index in [0.717, 1.165) is 31.2 Å². The van der Waals surface area contributed by atoms with E-state index in [-0.39, 0.29) is 30.0 Å². The molecule has 5 nitrogen and oxygen atoms in total. The molecular formula is C20H31IN4O. The summed E-state index contributed by atoms with van der Waals surface area (Å²) in [4.78, 5) is 6.82. The van der Waals surface area contributed by atoms with Crippen LogP contribution in [0.5, 0.6) is 0 Å². The van der Waals surface area contributed by atoms with Gasteiger partial charge in [-0.1, -0.05) is 31.2 Å². The molecule has 0 aliphatic heterocycles. The van der Waals surface area contributed by atoms with Crippen LogP contribution in [0.1, 0.15) is 36.8 Å². The van der Waals surface area contributed by atoms with Gasteiger partial charge in [0.05, 0.1) is 12.3 Å². The molecule has 6 heteroatoms. The Morgan fingerprint density at radius 1 is 1.12 bits per heavy atom. The number of rotatable bonds is 8. The molecule has 1 aromatic heterocycles. The van der Waals surface area contributed by atoms with Gasteiger partial charge >= 0.3 is 0 Å². The van der Waals surface area contributed by atoms with Crippen molar-refractivity contribution in [1.29, 1.82) is 0 Å².